The molecule has 0 saturated carbocycles. The van der Waals surface area contributed by atoms with Crippen molar-refractivity contribution in [2.45, 2.75) is 73.4 Å². The Morgan fingerprint density at radius 2 is 1.31 bits per heavy atom. The lowest BCUT2D eigenvalue weighted by Gasteiger charge is -2.39. The fourth-order valence-electron chi connectivity index (χ4n) is 5.53. The van der Waals surface area contributed by atoms with Crippen LogP contribution in [-0.2, 0) is 14.2 Å². The van der Waals surface area contributed by atoms with E-state index in [9.17, 15) is 51.1 Å². The van der Waals surface area contributed by atoms with Crippen molar-refractivity contribution in [2.24, 2.45) is 0 Å². The lowest BCUT2D eigenvalue weighted by atomic mass is 9.88. The third kappa shape index (κ3) is 8.26. The monoisotopic (exact) mass is 684 g/mol. The molecule has 12 atom stereocenters. The lowest BCUT2D eigenvalue weighted by Crippen LogP contribution is -2.60. The van der Waals surface area contributed by atoms with Gasteiger partial charge in [-0.05, 0) is 29.3 Å². The maximum Gasteiger partial charge on any atom is 0.229 e. The van der Waals surface area contributed by atoms with Gasteiger partial charge in [0.1, 0.15) is 54.6 Å². The van der Waals surface area contributed by atoms with Crippen LogP contribution in [-0.4, -0.2) is 153 Å². The molecule has 0 aliphatic carbocycles. The Bertz CT molecular complexity index is 1340. The summed E-state index contributed by atoms with van der Waals surface area (Å²) in [6, 6.07) is 9.47. The average Bonchev–Trinajstić information content (AvgIpc) is 3.10. The van der Waals surface area contributed by atoms with E-state index in [0.29, 0.717) is 22.4 Å². The largest absolute Gasteiger partial charge is 0.496 e. The van der Waals surface area contributed by atoms with E-state index in [1.54, 1.807) is 30.4 Å². The second-order valence-electron chi connectivity index (χ2n) is 11.4. The SMILES string of the molecule is COc1cc([C@H](O)[C@@H](CO)c2ccc(/C=C/CO[C@@H]3O[C@H](CO)[C@@H](O)[C@H](O)[C@H]3O)cc2OC)ccc1O[C@@H]1O[C@H](CO)[C@@H](O)[C@H](O)[C@H]1O. The molecule has 16 heteroatoms. The van der Waals surface area contributed by atoms with Crippen LogP contribution in [0.4, 0.5) is 0 Å². The molecule has 48 heavy (non-hydrogen) atoms. The van der Waals surface area contributed by atoms with Gasteiger partial charge in [-0.15, -0.1) is 0 Å². The molecular weight excluding hydrogens is 640 g/mol. The van der Waals surface area contributed by atoms with Crippen molar-refractivity contribution in [1.82, 2.24) is 0 Å². The summed E-state index contributed by atoms with van der Waals surface area (Å²) >= 11 is 0. The molecule has 0 amide bonds. The van der Waals surface area contributed by atoms with E-state index >= 15 is 0 Å². The molecule has 4 rings (SSSR count). The summed E-state index contributed by atoms with van der Waals surface area (Å²) in [5, 5.41) is 101. The highest BCUT2D eigenvalue weighted by Crippen LogP contribution is 2.40. The van der Waals surface area contributed by atoms with Crippen molar-refractivity contribution < 1.29 is 79.5 Å². The second kappa shape index (κ2) is 17.1. The van der Waals surface area contributed by atoms with Crippen molar-refractivity contribution in [1.29, 1.82) is 0 Å². The van der Waals surface area contributed by atoms with E-state index in [1.165, 1.54) is 32.4 Å². The summed E-state index contributed by atoms with van der Waals surface area (Å²) < 4.78 is 32.9. The van der Waals surface area contributed by atoms with Crippen LogP contribution >= 0.6 is 0 Å². The fraction of sp³-hybridized carbons (Fsp3) is 0.562. The van der Waals surface area contributed by atoms with Crippen LogP contribution in [0, 0.1) is 0 Å². The number of rotatable bonds is 14. The summed E-state index contributed by atoms with van der Waals surface area (Å²) in [6.45, 7) is -1.72. The van der Waals surface area contributed by atoms with Gasteiger partial charge >= 0.3 is 0 Å². The van der Waals surface area contributed by atoms with Crippen molar-refractivity contribution >= 4 is 6.08 Å². The molecule has 0 bridgehead atoms. The maximum atomic E-state index is 11.3. The number of hydrogen-bond donors (Lipinski definition) is 10. The van der Waals surface area contributed by atoms with E-state index in [-0.39, 0.29) is 18.1 Å². The summed E-state index contributed by atoms with van der Waals surface area (Å²) in [5.74, 6) is -0.296. The first-order valence-electron chi connectivity index (χ1n) is 15.2. The van der Waals surface area contributed by atoms with Gasteiger partial charge in [0.05, 0.1) is 46.8 Å². The van der Waals surface area contributed by atoms with E-state index in [2.05, 4.69) is 0 Å². The first-order chi connectivity index (χ1) is 23.0. The highest BCUT2D eigenvalue weighted by atomic mass is 16.7. The molecule has 2 fully saturated rings. The second-order valence-corrected chi connectivity index (χ2v) is 11.4. The van der Waals surface area contributed by atoms with Crippen LogP contribution in [0.3, 0.4) is 0 Å². The van der Waals surface area contributed by atoms with Crippen molar-refractivity contribution in [3.63, 3.8) is 0 Å². The summed E-state index contributed by atoms with van der Waals surface area (Å²) in [7, 11) is 2.78. The molecule has 2 saturated heterocycles. The molecule has 2 aromatic carbocycles. The number of ether oxygens (including phenoxy) is 6. The van der Waals surface area contributed by atoms with Gasteiger partial charge in [0.2, 0.25) is 6.29 Å². The molecule has 0 aromatic heterocycles. The molecule has 0 unspecified atom stereocenters. The molecule has 2 aliphatic rings. The Balaban J connectivity index is 1.44. The van der Waals surface area contributed by atoms with Gasteiger partial charge in [0.15, 0.2) is 17.8 Å². The predicted octanol–water partition coefficient (Wildman–Crippen LogP) is -2.48. The topological polar surface area (TPSA) is 258 Å². The molecule has 0 spiro atoms. The number of benzene rings is 2. The van der Waals surface area contributed by atoms with E-state index < -0.39 is 93.3 Å². The summed E-state index contributed by atoms with van der Waals surface area (Å²) in [6.07, 6.45) is -12.4. The number of methoxy groups -OCH3 is 2. The Kier molecular flexibility index (Phi) is 13.5. The predicted molar refractivity (Wildman–Crippen MR) is 164 cm³/mol. The van der Waals surface area contributed by atoms with Gasteiger partial charge in [-0.25, -0.2) is 0 Å². The quantitative estimate of drug-likeness (QED) is 0.0988. The number of aliphatic hydroxyl groups is 10. The van der Waals surface area contributed by atoms with Crippen molar-refractivity contribution in [2.75, 3.05) is 40.6 Å². The first kappa shape index (κ1) is 37.9. The molecule has 10 N–H and O–H groups in total. The molecule has 2 heterocycles. The first-order valence-corrected chi connectivity index (χ1v) is 15.2. The van der Waals surface area contributed by atoms with Gasteiger partial charge in [-0.2, -0.15) is 0 Å². The molecule has 268 valence electrons. The van der Waals surface area contributed by atoms with Crippen LogP contribution in [0.15, 0.2) is 42.5 Å². The standard InChI is InChI=1S/C32H44O16/c1-43-20-10-15(4-3-9-45-31-29(41)27(39)25(37)22(13-34)47-31)5-7-17(20)18(12-33)24(36)16-6-8-19(21(11-16)44-2)46-32-30(42)28(40)26(38)23(14-35)48-32/h3-8,10-11,18,22-42H,9,12-14H2,1-2H3/b4-3+/t18-,22+,23+,24-,25+,26+,27-,28-,29+,30+,31+,32+/m0/s1. The van der Waals surface area contributed by atoms with Crippen LogP contribution in [0.1, 0.15) is 28.7 Å². The normalized spacial score (nSPS) is 32.2. The third-order valence-corrected chi connectivity index (χ3v) is 8.37. The third-order valence-electron chi connectivity index (χ3n) is 8.37. The summed E-state index contributed by atoms with van der Waals surface area (Å²) in [4.78, 5) is 0. The van der Waals surface area contributed by atoms with E-state index in [4.69, 9.17) is 28.4 Å². The zero-order valence-electron chi connectivity index (χ0n) is 26.3. The minimum atomic E-state index is -1.64. The highest BCUT2D eigenvalue weighted by molar-refractivity contribution is 5.55. The summed E-state index contributed by atoms with van der Waals surface area (Å²) in [5.41, 5.74) is 1.49. The Morgan fingerprint density at radius 1 is 0.708 bits per heavy atom. The van der Waals surface area contributed by atoms with Crippen molar-refractivity contribution in [3.05, 3.63) is 59.2 Å². The fourth-order valence-corrected chi connectivity index (χ4v) is 5.53. The number of hydrogen-bond acceptors (Lipinski definition) is 16. The van der Waals surface area contributed by atoms with Gasteiger partial charge in [0, 0.05) is 11.5 Å². The number of aliphatic hydroxyl groups excluding tert-OH is 10. The van der Waals surface area contributed by atoms with E-state index in [1.807, 2.05) is 0 Å². The smallest absolute Gasteiger partial charge is 0.229 e. The van der Waals surface area contributed by atoms with Crippen LogP contribution < -0.4 is 14.2 Å². The van der Waals surface area contributed by atoms with Crippen LogP contribution in [0.2, 0.25) is 0 Å². The zero-order chi connectivity index (χ0) is 35.1. The van der Waals surface area contributed by atoms with Gasteiger partial charge in [-0.3, -0.25) is 0 Å². The Morgan fingerprint density at radius 3 is 1.90 bits per heavy atom. The lowest BCUT2D eigenvalue weighted by molar-refractivity contribution is -0.298. The van der Waals surface area contributed by atoms with Crippen LogP contribution in [0.25, 0.3) is 6.08 Å². The van der Waals surface area contributed by atoms with Crippen LogP contribution in [0.5, 0.6) is 17.2 Å². The minimum Gasteiger partial charge on any atom is -0.496 e. The minimum absolute atomic E-state index is 0.0529. The van der Waals surface area contributed by atoms with E-state index in [0.717, 1.165) is 0 Å². The maximum absolute atomic E-state index is 11.3. The Hall–Kier alpha value is -2.94. The van der Waals surface area contributed by atoms with Gasteiger partial charge < -0.3 is 79.5 Å². The molecule has 2 aliphatic heterocycles. The zero-order valence-corrected chi connectivity index (χ0v) is 26.3. The molecule has 0 radical (unpaired) electrons. The van der Waals surface area contributed by atoms with Crippen molar-refractivity contribution in [3.8, 4) is 17.2 Å². The van der Waals surface area contributed by atoms with Gasteiger partial charge in [-0.1, -0.05) is 30.4 Å². The highest BCUT2D eigenvalue weighted by Gasteiger charge is 2.45. The molecule has 16 nitrogen and oxygen atoms in total. The van der Waals surface area contributed by atoms with Gasteiger partial charge in [0.25, 0.3) is 0 Å². The molecular formula is C32H44O16. The average molecular weight is 685 g/mol. The molecule has 2 aromatic rings. The Labute approximate surface area is 276 Å².